The zero-order valence-corrected chi connectivity index (χ0v) is 34.3. The number of aromatic nitrogens is 1. The van der Waals surface area contributed by atoms with Gasteiger partial charge in [-0.05, 0) is 124 Å². The molecule has 2 fully saturated rings. The molecule has 8 rings (SSSR count). The number of hydrogen-bond acceptors (Lipinski definition) is 8. The fraction of sp³-hybridized carbons (Fsp3) is 0.500. The molecule has 0 radical (unpaired) electrons. The van der Waals surface area contributed by atoms with Gasteiger partial charge in [0.2, 0.25) is 5.52 Å². The maximum absolute atomic E-state index is 11.3. The highest BCUT2D eigenvalue weighted by Crippen LogP contribution is 2.49. The number of anilines is 1. The zero-order chi connectivity index (χ0) is 35.7. The van der Waals surface area contributed by atoms with Crippen molar-refractivity contribution in [1.82, 2.24) is 0 Å². The monoisotopic (exact) mass is 790 g/mol. The fourth-order valence-electron chi connectivity index (χ4n) is 8.58. The van der Waals surface area contributed by atoms with E-state index in [4.69, 9.17) is 0 Å². The maximum atomic E-state index is 11.3. The van der Waals surface area contributed by atoms with Gasteiger partial charge >= 0.3 is 0 Å². The Bertz CT molecular complexity index is 2030. The molecule has 4 aliphatic carbocycles. The van der Waals surface area contributed by atoms with Crippen molar-refractivity contribution < 1.29 is 17.5 Å². The van der Waals surface area contributed by atoms with E-state index in [1.165, 1.54) is 122 Å². The van der Waals surface area contributed by atoms with Gasteiger partial charge in [-0.3, -0.25) is 0 Å². The molecule has 5 nitrogen and oxygen atoms in total. The van der Waals surface area contributed by atoms with E-state index in [2.05, 4.69) is 88.9 Å². The molecule has 2 heterocycles. The largest absolute Gasteiger partial charge is 0.748 e. The topological polar surface area (TPSA) is 64.3 Å². The standard InChI is InChI=1S/C42H50N2O3S5/c1-2-43-37-27-35(48-33-9-3-4-10-33)17-19-39(37)50-41(43)25-29-13-15-31-16-14-30(24-32(31)23-29)26-42-44(21-7-8-22-52(45,46)47)38-28-36(18-20-40(38)51-42)49-34-11-5-6-12-34/h17-20,23-28,31,33-34H,2-16,21-22H2,1H3. The van der Waals surface area contributed by atoms with Crippen LogP contribution in [0.1, 0.15) is 102 Å². The summed E-state index contributed by atoms with van der Waals surface area (Å²) in [5, 5.41) is 4.03. The van der Waals surface area contributed by atoms with Crippen LogP contribution >= 0.6 is 46.6 Å². The van der Waals surface area contributed by atoms with Crippen LogP contribution < -0.4 is 9.47 Å². The lowest BCUT2D eigenvalue weighted by Crippen LogP contribution is -2.35. The van der Waals surface area contributed by atoms with Crippen molar-refractivity contribution in [3.63, 3.8) is 0 Å². The molecule has 5 aliphatic rings. The third-order valence-electron chi connectivity index (χ3n) is 11.3. The average molecular weight is 791 g/mol. The zero-order valence-electron chi connectivity index (χ0n) is 30.2. The van der Waals surface area contributed by atoms with E-state index in [-0.39, 0.29) is 5.75 Å². The molecule has 10 heteroatoms. The van der Waals surface area contributed by atoms with E-state index in [0.717, 1.165) is 24.6 Å². The predicted molar refractivity (Wildman–Crippen MR) is 222 cm³/mol. The van der Waals surface area contributed by atoms with Gasteiger partial charge in [0.25, 0.3) is 5.01 Å². The summed E-state index contributed by atoms with van der Waals surface area (Å²) in [5.74, 6) is 0.317. The molecule has 1 aromatic heterocycles. The quantitative estimate of drug-likeness (QED) is 0.103. The molecule has 2 saturated carbocycles. The molecule has 276 valence electrons. The molecule has 0 spiro atoms. The van der Waals surface area contributed by atoms with Crippen molar-refractivity contribution >= 4 is 78.7 Å². The van der Waals surface area contributed by atoms with Crippen LogP contribution in [-0.4, -0.2) is 35.8 Å². The molecule has 0 amide bonds. The number of thioether (sulfide) groups is 3. The van der Waals surface area contributed by atoms with Gasteiger partial charge < -0.3 is 9.45 Å². The molecule has 0 bridgehead atoms. The van der Waals surface area contributed by atoms with Crippen molar-refractivity contribution in [2.45, 2.75) is 129 Å². The molecule has 0 N–H and O–H groups in total. The van der Waals surface area contributed by atoms with Crippen LogP contribution in [0, 0.1) is 5.92 Å². The summed E-state index contributed by atoms with van der Waals surface area (Å²) in [7, 11) is -4.20. The third-order valence-corrected chi connectivity index (χ3v) is 17.0. The highest BCUT2D eigenvalue weighted by Gasteiger charge is 2.29. The van der Waals surface area contributed by atoms with Gasteiger partial charge in [0.15, 0.2) is 6.54 Å². The second-order valence-corrected chi connectivity index (χ2v) is 21.5. The van der Waals surface area contributed by atoms with Gasteiger partial charge in [-0.2, -0.15) is 4.57 Å². The number of nitrogens with zero attached hydrogens (tertiary/aromatic N) is 2. The van der Waals surface area contributed by atoms with Crippen LogP contribution in [0.4, 0.5) is 5.69 Å². The molecule has 1 atom stereocenters. The Labute approximate surface area is 327 Å². The highest BCUT2D eigenvalue weighted by molar-refractivity contribution is 8.03. The van der Waals surface area contributed by atoms with Crippen LogP contribution in [0.5, 0.6) is 0 Å². The van der Waals surface area contributed by atoms with Gasteiger partial charge in [0, 0.05) is 56.0 Å². The summed E-state index contributed by atoms with van der Waals surface area (Å²) in [6, 6.07) is 14.0. The first-order valence-electron chi connectivity index (χ1n) is 19.4. The van der Waals surface area contributed by atoms with E-state index < -0.39 is 10.1 Å². The van der Waals surface area contributed by atoms with Crippen molar-refractivity contribution in [1.29, 1.82) is 0 Å². The Morgan fingerprint density at radius 2 is 1.60 bits per heavy atom. The SMILES string of the molecule is CCN1/C(=C/C2=CC3=C/C(=C/c4sc5ccc(SC6CCCC6)cc5[n+]4CCCCS(=O)(=O)[O-])CCC3CC2)Sc2ccc(SC3CCCC3)cc21. The van der Waals surface area contributed by atoms with E-state index in [9.17, 15) is 13.0 Å². The average Bonchev–Trinajstić information content (AvgIpc) is 3.94. The van der Waals surface area contributed by atoms with Gasteiger partial charge in [0.05, 0.1) is 20.8 Å². The number of fused-ring (bicyclic) bond motifs is 3. The Kier molecular flexibility index (Phi) is 11.7. The molecule has 3 aromatic rings. The lowest BCUT2D eigenvalue weighted by Gasteiger charge is -2.28. The predicted octanol–water partition coefficient (Wildman–Crippen LogP) is 11.5. The lowest BCUT2D eigenvalue weighted by molar-refractivity contribution is -0.669. The summed E-state index contributed by atoms with van der Waals surface area (Å²) in [4.78, 5) is 6.61. The number of thiazole rings is 1. The summed E-state index contributed by atoms with van der Waals surface area (Å²) < 4.78 is 37.6. The lowest BCUT2D eigenvalue weighted by atomic mass is 9.77. The summed E-state index contributed by atoms with van der Waals surface area (Å²) >= 11 is 7.83. The minimum absolute atomic E-state index is 0.297. The van der Waals surface area contributed by atoms with E-state index in [1.807, 2.05) is 34.9 Å². The molecule has 1 aliphatic heterocycles. The Hall–Kier alpha value is -1.95. The van der Waals surface area contributed by atoms with E-state index >= 15 is 0 Å². The number of unbranched alkanes of at least 4 members (excludes halogenated alkanes) is 1. The molecule has 52 heavy (non-hydrogen) atoms. The van der Waals surface area contributed by atoms with Crippen LogP contribution in [0.25, 0.3) is 16.3 Å². The van der Waals surface area contributed by atoms with Crippen molar-refractivity contribution in [2.75, 3.05) is 17.2 Å². The Balaban J connectivity index is 1.04. The molecular formula is C42H50N2O3S5. The van der Waals surface area contributed by atoms with Crippen LogP contribution in [0.3, 0.4) is 0 Å². The Morgan fingerprint density at radius 3 is 2.33 bits per heavy atom. The normalized spacial score (nSPS) is 22.8. The van der Waals surface area contributed by atoms with Gasteiger partial charge in [-0.25, -0.2) is 8.42 Å². The van der Waals surface area contributed by atoms with Crippen LogP contribution in [-0.2, 0) is 16.7 Å². The summed E-state index contributed by atoms with van der Waals surface area (Å²) in [5.41, 5.74) is 6.84. The first-order chi connectivity index (χ1) is 25.3. The number of benzene rings is 2. The summed E-state index contributed by atoms with van der Waals surface area (Å²) in [6.45, 7) is 3.95. The first kappa shape index (κ1) is 37.0. The summed E-state index contributed by atoms with van der Waals surface area (Å²) in [6.07, 6.45) is 26.1. The van der Waals surface area contributed by atoms with E-state index in [0.29, 0.717) is 30.6 Å². The van der Waals surface area contributed by atoms with Crippen molar-refractivity contribution in [3.05, 3.63) is 81.4 Å². The van der Waals surface area contributed by atoms with E-state index in [1.54, 1.807) is 0 Å². The van der Waals surface area contributed by atoms with Crippen LogP contribution in [0.2, 0.25) is 0 Å². The number of rotatable bonds is 12. The third kappa shape index (κ3) is 8.78. The smallest absolute Gasteiger partial charge is 0.263 e. The number of aryl methyl sites for hydroxylation is 1. The molecule has 2 aromatic carbocycles. The fourth-order valence-corrected chi connectivity index (χ4v) is 14.0. The first-order valence-corrected chi connectivity index (χ1v) is 24.4. The minimum Gasteiger partial charge on any atom is -0.748 e. The number of allylic oxidation sites excluding steroid dienone is 6. The second-order valence-electron chi connectivity index (χ2n) is 15.1. The van der Waals surface area contributed by atoms with Gasteiger partial charge in [0.1, 0.15) is 4.70 Å². The second kappa shape index (κ2) is 16.4. The highest BCUT2D eigenvalue weighted by atomic mass is 32.2. The maximum Gasteiger partial charge on any atom is 0.263 e. The Morgan fingerprint density at radius 1 is 0.885 bits per heavy atom. The molecule has 1 unspecified atom stereocenters. The van der Waals surface area contributed by atoms with Gasteiger partial charge in [-0.1, -0.05) is 60.9 Å². The van der Waals surface area contributed by atoms with Crippen molar-refractivity contribution in [3.8, 4) is 0 Å². The minimum atomic E-state index is -4.20. The number of hydrogen-bond donors (Lipinski definition) is 0. The molecular weight excluding hydrogens is 741 g/mol. The molecule has 0 saturated heterocycles. The van der Waals surface area contributed by atoms with Gasteiger partial charge in [-0.15, -0.1) is 23.5 Å². The van der Waals surface area contributed by atoms with Crippen molar-refractivity contribution in [2.24, 2.45) is 5.92 Å². The van der Waals surface area contributed by atoms with Crippen LogP contribution in [0.15, 0.2) is 91.1 Å².